The molecule has 0 rings (SSSR count). The average Bonchev–Trinajstić information content (AvgIpc) is 1.91. The molecule has 0 heterocycles. The van der Waals surface area contributed by atoms with E-state index in [0.29, 0.717) is 5.84 Å². The summed E-state index contributed by atoms with van der Waals surface area (Å²) in [6.07, 6.45) is 3.03. The van der Waals surface area contributed by atoms with Gasteiger partial charge in [0.2, 0.25) is 0 Å². The lowest BCUT2D eigenvalue weighted by Crippen LogP contribution is -2.18. The van der Waals surface area contributed by atoms with E-state index in [-0.39, 0.29) is 0 Å². The minimum atomic E-state index is 0.664. The van der Waals surface area contributed by atoms with Crippen LogP contribution in [-0.2, 0) is 0 Å². The molecule has 0 aliphatic rings. The molecule has 0 spiro atoms. The van der Waals surface area contributed by atoms with E-state index < -0.39 is 0 Å². The summed E-state index contributed by atoms with van der Waals surface area (Å²) in [6, 6.07) is 0. The number of hydrogen-bond acceptors (Lipinski definition) is 2. The van der Waals surface area contributed by atoms with Gasteiger partial charge >= 0.3 is 0 Å². The monoisotopic (exact) mass is 130 g/mol. The molecular formula is C6H14N2O. The van der Waals surface area contributed by atoms with Crippen LogP contribution in [0.2, 0.25) is 0 Å². The van der Waals surface area contributed by atoms with Crippen LogP contribution < -0.4 is 5.48 Å². The van der Waals surface area contributed by atoms with Gasteiger partial charge in [-0.25, -0.2) is 0 Å². The molecule has 0 unspecified atom stereocenters. The number of aliphatic imine (C=N–C) groups is 1. The van der Waals surface area contributed by atoms with E-state index >= 15 is 0 Å². The Morgan fingerprint density at radius 2 is 2.33 bits per heavy atom. The van der Waals surface area contributed by atoms with E-state index in [1.54, 1.807) is 7.05 Å². The first-order valence-electron chi connectivity index (χ1n) is 3.21. The molecule has 0 aromatic carbocycles. The van der Waals surface area contributed by atoms with Crippen molar-refractivity contribution in [2.24, 2.45) is 4.99 Å². The Kier molecular flexibility index (Phi) is 5.21. The number of unbranched alkanes of at least 4 members (excludes halogenated alkanes) is 1. The van der Waals surface area contributed by atoms with E-state index in [1.807, 2.05) is 5.48 Å². The molecule has 0 atom stereocenters. The van der Waals surface area contributed by atoms with Gasteiger partial charge in [0.15, 0.2) is 0 Å². The van der Waals surface area contributed by atoms with E-state index in [1.165, 1.54) is 0 Å². The predicted molar refractivity (Wildman–Crippen MR) is 37.8 cm³/mol. The third-order valence-corrected chi connectivity index (χ3v) is 1.17. The zero-order valence-electron chi connectivity index (χ0n) is 6.02. The number of rotatable bonds is 3. The van der Waals surface area contributed by atoms with Crippen molar-refractivity contribution in [2.75, 3.05) is 7.05 Å². The number of hydrogen-bond donors (Lipinski definition) is 2. The van der Waals surface area contributed by atoms with Gasteiger partial charge in [-0.05, 0) is 6.42 Å². The van der Waals surface area contributed by atoms with Crippen molar-refractivity contribution < 1.29 is 5.21 Å². The van der Waals surface area contributed by atoms with Gasteiger partial charge in [-0.3, -0.25) is 15.7 Å². The minimum Gasteiger partial charge on any atom is -0.290 e. The van der Waals surface area contributed by atoms with Crippen LogP contribution in [0.4, 0.5) is 0 Å². The van der Waals surface area contributed by atoms with Crippen LogP contribution in [0.3, 0.4) is 0 Å². The summed E-state index contributed by atoms with van der Waals surface area (Å²) < 4.78 is 0. The smallest absolute Gasteiger partial charge is 0.120 e. The summed E-state index contributed by atoms with van der Waals surface area (Å²) in [5.74, 6) is 0.664. The van der Waals surface area contributed by atoms with Crippen molar-refractivity contribution in [3.63, 3.8) is 0 Å². The maximum Gasteiger partial charge on any atom is 0.120 e. The van der Waals surface area contributed by atoms with Crippen LogP contribution >= 0.6 is 0 Å². The first kappa shape index (κ1) is 8.43. The van der Waals surface area contributed by atoms with Gasteiger partial charge in [0.05, 0.1) is 0 Å². The summed E-state index contributed by atoms with van der Waals surface area (Å²) in [6.45, 7) is 2.10. The number of nitrogens with zero attached hydrogens (tertiary/aromatic N) is 1. The van der Waals surface area contributed by atoms with E-state index in [2.05, 4.69) is 11.9 Å². The molecule has 3 heteroatoms. The minimum absolute atomic E-state index is 0.664. The average molecular weight is 130 g/mol. The highest BCUT2D eigenvalue weighted by Gasteiger charge is 1.91. The highest BCUT2D eigenvalue weighted by Crippen LogP contribution is 1.93. The zero-order valence-corrected chi connectivity index (χ0v) is 6.02. The second kappa shape index (κ2) is 5.56. The first-order valence-corrected chi connectivity index (χ1v) is 3.21. The molecule has 0 aromatic rings. The molecule has 0 amide bonds. The van der Waals surface area contributed by atoms with Gasteiger partial charge in [0.25, 0.3) is 0 Å². The first-order chi connectivity index (χ1) is 4.35. The Bertz CT molecular complexity index is 91.1. The molecule has 0 aliphatic carbocycles. The molecule has 0 bridgehead atoms. The molecule has 3 nitrogen and oxygen atoms in total. The van der Waals surface area contributed by atoms with Gasteiger partial charge in [0.1, 0.15) is 5.84 Å². The molecular weight excluding hydrogens is 116 g/mol. The van der Waals surface area contributed by atoms with Gasteiger partial charge < -0.3 is 0 Å². The Morgan fingerprint density at radius 3 is 2.67 bits per heavy atom. The fourth-order valence-electron chi connectivity index (χ4n) is 0.562. The van der Waals surface area contributed by atoms with Crippen molar-refractivity contribution in [3.8, 4) is 0 Å². The van der Waals surface area contributed by atoms with Crippen molar-refractivity contribution >= 4 is 5.84 Å². The molecule has 0 radical (unpaired) electrons. The van der Waals surface area contributed by atoms with Crippen molar-refractivity contribution in [1.29, 1.82) is 0 Å². The second-order valence-corrected chi connectivity index (χ2v) is 1.89. The summed E-state index contributed by atoms with van der Waals surface area (Å²) in [5.41, 5.74) is 2.04. The molecule has 54 valence electrons. The van der Waals surface area contributed by atoms with Gasteiger partial charge in [-0.2, -0.15) is 0 Å². The lowest BCUT2D eigenvalue weighted by atomic mass is 10.2. The molecule has 0 saturated heterocycles. The number of amidine groups is 1. The van der Waals surface area contributed by atoms with Crippen molar-refractivity contribution in [3.05, 3.63) is 0 Å². The van der Waals surface area contributed by atoms with Crippen LogP contribution in [0.5, 0.6) is 0 Å². The van der Waals surface area contributed by atoms with E-state index in [4.69, 9.17) is 5.21 Å². The van der Waals surface area contributed by atoms with E-state index in [0.717, 1.165) is 19.3 Å². The number of hydroxylamine groups is 1. The molecule has 0 aromatic heterocycles. The number of nitrogens with one attached hydrogen (secondary N) is 1. The summed E-state index contributed by atoms with van der Waals surface area (Å²) in [5, 5.41) is 8.37. The topological polar surface area (TPSA) is 44.6 Å². The SMILES string of the molecule is CCCCC(=NC)NO. The molecule has 0 fully saturated rings. The highest BCUT2D eigenvalue weighted by molar-refractivity contribution is 5.80. The van der Waals surface area contributed by atoms with Crippen LogP contribution in [-0.4, -0.2) is 18.1 Å². The third-order valence-electron chi connectivity index (χ3n) is 1.17. The lowest BCUT2D eigenvalue weighted by molar-refractivity contribution is 0.231. The van der Waals surface area contributed by atoms with Gasteiger partial charge in [0, 0.05) is 13.5 Å². The standard InChI is InChI=1S/C6H14N2O/c1-3-4-5-6(7-2)8-9/h9H,3-5H2,1-2H3,(H,7,8). The van der Waals surface area contributed by atoms with E-state index in [9.17, 15) is 0 Å². The molecule has 9 heavy (non-hydrogen) atoms. The summed E-state index contributed by atoms with van der Waals surface area (Å²) in [4.78, 5) is 3.80. The predicted octanol–water partition coefficient (Wildman–Crippen LogP) is 1.18. The summed E-state index contributed by atoms with van der Waals surface area (Å²) >= 11 is 0. The molecule has 0 aliphatic heterocycles. The van der Waals surface area contributed by atoms with Crippen LogP contribution in [0, 0.1) is 0 Å². The third kappa shape index (κ3) is 3.97. The Morgan fingerprint density at radius 1 is 1.67 bits per heavy atom. The quantitative estimate of drug-likeness (QED) is 0.342. The normalized spacial score (nSPS) is 11.7. The fourth-order valence-corrected chi connectivity index (χ4v) is 0.562. The van der Waals surface area contributed by atoms with Gasteiger partial charge in [-0.1, -0.05) is 13.3 Å². The van der Waals surface area contributed by atoms with Crippen molar-refractivity contribution in [1.82, 2.24) is 5.48 Å². The molecule has 2 N–H and O–H groups in total. The largest absolute Gasteiger partial charge is 0.290 e. The maximum atomic E-state index is 8.37. The van der Waals surface area contributed by atoms with Crippen LogP contribution in [0.15, 0.2) is 4.99 Å². The lowest BCUT2D eigenvalue weighted by Gasteiger charge is -1.99. The van der Waals surface area contributed by atoms with Gasteiger partial charge in [-0.15, -0.1) is 0 Å². The maximum absolute atomic E-state index is 8.37. The van der Waals surface area contributed by atoms with Crippen molar-refractivity contribution in [2.45, 2.75) is 26.2 Å². The highest BCUT2D eigenvalue weighted by atomic mass is 16.5. The Hall–Kier alpha value is -0.570. The Labute approximate surface area is 55.8 Å². The van der Waals surface area contributed by atoms with Crippen LogP contribution in [0.25, 0.3) is 0 Å². The summed E-state index contributed by atoms with van der Waals surface area (Å²) in [7, 11) is 1.66. The molecule has 0 saturated carbocycles. The second-order valence-electron chi connectivity index (χ2n) is 1.89. The fraction of sp³-hybridized carbons (Fsp3) is 0.833. The Balaban J connectivity index is 3.33. The zero-order chi connectivity index (χ0) is 7.11. The van der Waals surface area contributed by atoms with Crippen LogP contribution in [0.1, 0.15) is 26.2 Å².